The molecule has 0 saturated carbocycles. The first kappa shape index (κ1) is 17.7. The Hall–Kier alpha value is -2.69. The normalized spacial score (nSPS) is 11.5. The van der Waals surface area contributed by atoms with E-state index in [9.17, 15) is 4.79 Å². The summed E-state index contributed by atoms with van der Waals surface area (Å²) in [5.41, 5.74) is 2.94. The third-order valence-corrected chi connectivity index (χ3v) is 3.88. The van der Waals surface area contributed by atoms with Crippen LogP contribution in [-0.2, 0) is 6.42 Å². The lowest BCUT2D eigenvalue weighted by atomic mass is 10.1. The molecule has 0 aliphatic heterocycles. The number of methoxy groups -OCH3 is 2. The molecular formula is C19H24N2O3. The van der Waals surface area contributed by atoms with Crippen LogP contribution in [0, 0.1) is 0 Å². The summed E-state index contributed by atoms with van der Waals surface area (Å²) in [5, 5.41) is 5.75. The lowest BCUT2D eigenvalue weighted by Gasteiger charge is -2.17. The molecule has 2 aromatic rings. The first-order chi connectivity index (χ1) is 11.6. The van der Waals surface area contributed by atoms with E-state index in [4.69, 9.17) is 9.47 Å². The van der Waals surface area contributed by atoms with Crippen LogP contribution < -0.4 is 20.1 Å². The van der Waals surface area contributed by atoms with Crippen LogP contribution in [0.1, 0.15) is 31.0 Å². The average molecular weight is 328 g/mol. The smallest absolute Gasteiger partial charge is 0.319 e. The number of ether oxygens (including phenoxy) is 2. The molecule has 5 nitrogen and oxygen atoms in total. The van der Waals surface area contributed by atoms with Crippen LogP contribution in [0.25, 0.3) is 0 Å². The van der Waals surface area contributed by atoms with Crippen molar-refractivity contribution in [1.29, 1.82) is 0 Å². The summed E-state index contributed by atoms with van der Waals surface area (Å²) in [7, 11) is 3.18. The van der Waals surface area contributed by atoms with Gasteiger partial charge in [-0.2, -0.15) is 0 Å². The van der Waals surface area contributed by atoms with Gasteiger partial charge in [0.05, 0.1) is 20.3 Å². The molecule has 2 aromatic carbocycles. The Morgan fingerprint density at radius 1 is 1.04 bits per heavy atom. The Balaban J connectivity index is 2.00. The number of rotatable bonds is 6. The molecule has 0 aliphatic rings. The fraction of sp³-hybridized carbons (Fsp3) is 0.316. The van der Waals surface area contributed by atoms with Crippen molar-refractivity contribution < 1.29 is 14.3 Å². The third-order valence-electron chi connectivity index (χ3n) is 3.88. The van der Waals surface area contributed by atoms with Crippen molar-refractivity contribution >= 4 is 11.7 Å². The van der Waals surface area contributed by atoms with Gasteiger partial charge in [-0.25, -0.2) is 4.79 Å². The summed E-state index contributed by atoms with van der Waals surface area (Å²) in [4.78, 5) is 12.2. The summed E-state index contributed by atoms with van der Waals surface area (Å²) in [5.74, 6) is 1.30. The van der Waals surface area contributed by atoms with E-state index in [1.54, 1.807) is 14.2 Å². The number of benzene rings is 2. The highest BCUT2D eigenvalue weighted by Gasteiger charge is 2.12. The maximum atomic E-state index is 12.2. The summed E-state index contributed by atoms with van der Waals surface area (Å²) >= 11 is 0. The quantitative estimate of drug-likeness (QED) is 0.837. The zero-order valence-corrected chi connectivity index (χ0v) is 14.6. The van der Waals surface area contributed by atoms with Crippen LogP contribution in [0.5, 0.6) is 11.5 Å². The van der Waals surface area contributed by atoms with Crippen molar-refractivity contribution in [2.24, 2.45) is 0 Å². The number of urea groups is 1. The molecule has 0 aliphatic carbocycles. The molecule has 2 N–H and O–H groups in total. The molecule has 2 amide bonds. The van der Waals surface area contributed by atoms with Crippen molar-refractivity contribution in [3.05, 3.63) is 53.6 Å². The highest BCUT2D eigenvalue weighted by atomic mass is 16.5. The molecule has 0 radical (unpaired) electrons. The summed E-state index contributed by atoms with van der Waals surface area (Å²) < 4.78 is 10.5. The number of amides is 2. The molecule has 128 valence electrons. The van der Waals surface area contributed by atoms with Gasteiger partial charge in [0.2, 0.25) is 0 Å². The van der Waals surface area contributed by atoms with Gasteiger partial charge in [-0.1, -0.05) is 25.1 Å². The molecule has 24 heavy (non-hydrogen) atoms. The second-order valence-electron chi connectivity index (χ2n) is 5.49. The minimum Gasteiger partial charge on any atom is -0.493 e. The van der Waals surface area contributed by atoms with Gasteiger partial charge in [-0.15, -0.1) is 0 Å². The molecule has 5 heteroatoms. The standard InChI is InChI=1S/C19H24N2O3/c1-5-14-6-9-16(10-7-14)21-19(22)20-13(2)15-8-11-17(23-3)18(12-15)24-4/h6-13H,5H2,1-4H3,(H2,20,21,22). The first-order valence-corrected chi connectivity index (χ1v) is 7.95. The Morgan fingerprint density at radius 3 is 2.29 bits per heavy atom. The summed E-state index contributed by atoms with van der Waals surface area (Å²) in [6.07, 6.45) is 0.975. The second kappa shape index (κ2) is 8.24. The number of hydrogen-bond acceptors (Lipinski definition) is 3. The fourth-order valence-corrected chi connectivity index (χ4v) is 2.39. The van der Waals surface area contributed by atoms with E-state index in [2.05, 4.69) is 17.6 Å². The molecule has 0 heterocycles. The number of carbonyl (C=O) groups is 1. The van der Waals surface area contributed by atoms with Gasteiger partial charge in [0.1, 0.15) is 0 Å². The van der Waals surface area contributed by atoms with E-state index in [0.29, 0.717) is 11.5 Å². The Morgan fingerprint density at radius 2 is 1.71 bits per heavy atom. The second-order valence-corrected chi connectivity index (χ2v) is 5.49. The lowest BCUT2D eigenvalue weighted by molar-refractivity contribution is 0.249. The molecular weight excluding hydrogens is 304 g/mol. The van der Waals surface area contributed by atoms with Crippen LogP contribution in [0.2, 0.25) is 0 Å². The Kier molecular flexibility index (Phi) is 6.07. The van der Waals surface area contributed by atoms with Crippen molar-refractivity contribution in [3.8, 4) is 11.5 Å². The van der Waals surface area contributed by atoms with Crippen LogP contribution in [0.15, 0.2) is 42.5 Å². The van der Waals surface area contributed by atoms with Crippen molar-refractivity contribution in [2.45, 2.75) is 26.3 Å². The topological polar surface area (TPSA) is 59.6 Å². The zero-order chi connectivity index (χ0) is 17.5. The van der Waals surface area contributed by atoms with E-state index < -0.39 is 0 Å². The fourth-order valence-electron chi connectivity index (χ4n) is 2.39. The van der Waals surface area contributed by atoms with Crippen molar-refractivity contribution in [2.75, 3.05) is 19.5 Å². The van der Waals surface area contributed by atoms with Crippen molar-refractivity contribution in [3.63, 3.8) is 0 Å². The van der Waals surface area contributed by atoms with Gasteiger partial charge >= 0.3 is 6.03 Å². The molecule has 0 spiro atoms. The molecule has 1 unspecified atom stereocenters. The van der Waals surface area contributed by atoms with E-state index >= 15 is 0 Å². The average Bonchev–Trinajstić information content (AvgIpc) is 2.61. The van der Waals surface area contributed by atoms with Gasteiger partial charge in [-0.05, 0) is 48.7 Å². The highest BCUT2D eigenvalue weighted by Crippen LogP contribution is 2.29. The third kappa shape index (κ3) is 4.41. The van der Waals surface area contributed by atoms with Crippen LogP contribution >= 0.6 is 0 Å². The van der Waals surface area contributed by atoms with Gasteiger partial charge in [0.25, 0.3) is 0 Å². The summed E-state index contributed by atoms with van der Waals surface area (Å²) in [6, 6.07) is 13.0. The first-order valence-electron chi connectivity index (χ1n) is 7.95. The number of hydrogen-bond donors (Lipinski definition) is 2. The number of nitrogens with one attached hydrogen (secondary N) is 2. The largest absolute Gasteiger partial charge is 0.493 e. The monoisotopic (exact) mass is 328 g/mol. The predicted octanol–water partition coefficient (Wildman–Crippen LogP) is 4.15. The minimum atomic E-state index is -0.249. The minimum absolute atomic E-state index is 0.167. The Bertz CT molecular complexity index is 684. The van der Waals surface area contributed by atoms with Crippen LogP contribution in [0.3, 0.4) is 0 Å². The lowest BCUT2D eigenvalue weighted by Crippen LogP contribution is -2.31. The van der Waals surface area contributed by atoms with Crippen LogP contribution in [-0.4, -0.2) is 20.3 Å². The maximum Gasteiger partial charge on any atom is 0.319 e. The SMILES string of the molecule is CCc1ccc(NC(=O)NC(C)c2ccc(OC)c(OC)c2)cc1. The molecule has 0 bridgehead atoms. The van der Waals surface area contributed by atoms with Gasteiger partial charge in [0, 0.05) is 5.69 Å². The maximum absolute atomic E-state index is 12.2. The predicted molar refractivity (Wildman–Crippen MR) is 95.9 cm³/mol. The van der Waals surface area contributed by atoms with E-state index in [1.165, 1.54) is 5.56 Å². The van der Waals surface area contributed by atoms with E-state index in [-0.39, 0.29) is 12.1 Å². The molecule has 2 rings (SSSR count). The molecule has 1 atom stereocenters. The number of carbonyl (C=O) groups excluding carboxylic acids is 1. The molecule has 0 aromatic heterocycles. The number of aryl methyl sites for hydroxylation is 1. The highest BCUT2D eigenvalue weighted by molar-refractivity contribution is 5.89. The van der Waals surface area contributed by atoms with Crippen molar-refractivity contribution in [1.82, 2.24) is 5.32 Å². The van der Waals surface area contributed by atoms with Gasteiger partial charge < -0.3 is 20.1 Å². The van der Waals surface area contributed by atoms with E-state index in [1.807, 2.05) is 49.4 Å². The summed E-state index contributed by atoms with van der Waals surface area (Å²) in [6.45, 7) is 4.01. The molecule has 0 saturated heterocycles. The zero-order valence-electron chi connectivity index (χ0n) is 14.6. The van der Waals surface area contributed by atoms with Gasteiger partial charge in [0.15, 0.2) is 11.5 Å². The van der Waals surface area contributed by atoms with E-state index in [0.717, 1.165) is 17.7 Å². The van der Waals surface area contributed by atoms with Crippen LogP contribution in [0.4, 0.5) is 10.5 Å². The van der Waals surface area contributed by atoms with Gasteiger partial charge in [-0.3, -0.25) is 0 Å². The Labute approximate surface area is 143 Å². The molecule has 0 fully saturated rings. The number of anilines is 1.